The van der Waals surface area contributed by atoms with Gasteiger partial charge in [-0.15, -0.1) is 11.3 Å². The third kappa shape index (κ3) is 4.46. The number of carbonyl (C=O) groups excluding carboxylic acids is 2. The Labute approximate surface area is 199 Å². The van der Waals surface area contributed by atoms with Gasteiger partial charge in [-0.05, 0) is 48.9 Å². The van der Waals surface area contributed by atoms with E-state index in [0.29, 0.717) is 39.7 Å². The summed E-state index contributed by atoms with van der Waals surface area (Å²) in [6.07, 6.45) is 0.972. The number of carbonyl (C=O) groups is 2. The maximum Gasteiger partial charge on any atom is 0.336 e. The van der Waals surface area contributed by atoms with Crippen LogP contribution < -0.4 is 5.32 Å². The first-order chi connectivity index (χ1) is 15.3. The number of allylic oxidation sites excluding steroid dienone is 3. The second-order valence-corrected chi connectivity index (χ2v) is 10.6. The summed E-state index contributed by atoms with van der Waals surface area (Å²) in [4.78, 5) is 27.7. The highest BCUT2D eigenvalue weighted by Gasteiger charge is 2.42. The van der Waals surface area contributed by atoms with Crippen LogP contribution in [-0.4, -0.2) is 18.4 Å². The van der Waals surface area contributed by atoms with Crippen molar-refractivity contribution in [2.75, 3.05) is 6.61 Å². The van der Waals surface area contributed by atoms with E-state index < -0.39 is 17.7 Å². The lowest BCUT2D eigenvalue weighted by Gasteiger charge is -2.36. The Balaban J connectivity index is 1.81. The molecule has 2 atom stereocenters. The SMILES string of the molecule is CC1=C(C(=O)OCC(C)C)C(c2cc(Br)ccc2F)C2=C(CC(c3cccs3)CC2=O)N1. The fraction of sp³-hybridized carbons (Fsp3) is 0.360. The quantitative estimate of drug-likeness (QED) is 0.479. The number of Topliss-reactive ketones (excluding diaryl/α,β-unsaturated/α-hetero) is 1. The molecule has 168 valence electrons. The number of ketones is 1. The van der Waals surface area contributed by atoms with Gasteiger partial charge in [-0.1, -0.05) is 35.8 Å². The number of nitrogens with one attached hydrogen (secondary N) is 1. The Kier molecular flexibility index (Phi) is 6.67. The molecule has 4 nitrogen and oxygen atoms in total. The predicted octanol–water partition coefficient (Wildman–Crippen LogP) is 6.21. The van der Waals surface area contributed by atoms with E-state index in [1.54, 1.807) is 30.4 Å². The van der Waals surface area contributed by atoms with Gasteiger partial charge in [0.05, 0.1) is 18.1 Å². The lowest BCUT2D eigenvalue weighted by Crippen LogP contribution is -2.36. The minimum absolute atomic E-state index is 0.0665. The molecule has 1 aromatic heterocycles. The average molecular weight is 518 g/mol. The van der Waals surface area contributed by atoms with Crippen molar-refractivity contribution in [3.05, 3.63) is 79.0 Å². The zero-order valence-electron chi connectivity index (χ0n) is 18.2. The molecule has 0 saturated heterocycles. The highest BCUT2D eigenvalue weighted by Crippen LogP contribution is 2.47. The summed E-state index contributed by atoms with van der Waals surface area (Å²) in [6.45, 7) is 5.95. The van der Waals surface area contributed by atoms with E-state index in [1.165, 1.54) is 6.07 Å². The molecule has 1 aliphatic carbocycles. The fourth-order valence-electron chi connectivity index (χ4n) is 4.40. The van der Waals surface area contributed by atoms with Crippen molar-refractivity contribution in [3.8, 4) is 0 Å². The first kappa shape index (κ1) is 22.9. The molecule has 0 amide bonds. The van der Waals surface area contributed by atoms with E-state index in [9.17, 15) is 9.59 Å². The molecular formula is C25H25BrFNO3S. The number of halogens is 2. The Morgan fingerprint density at radius 2 is 2.09 bits per heavy atom. The molecule has 4 rings (SSSR count). The molecule has 2 unspecified atom stereocenters. The van der Waals surface area contributed by atoms with Gasteiger partial charge >= 0.3 is 5.97 Å². The van der Waals surface area contributed by atoms with E-state index >= 15 is 4.39 Å². The lowest BCUT2D eigenvalue weighted by molar-refractivity contribution is -0.140. The maximum atomic E-state index is 15.1. The zero-order chi connectivity index (χ0) is 23.0. The van der Waals surface area contributed by atoms with Crippen molar-refractivity contribution < 1.29 is 18.7 Å². The van der Waals surface area contributed by atoms with Gasteiger partial charge in [0.2, 0.25) is 0 Å². The van der Waals surface area contributed by atoms with Crippen LogP contribution in [0, 0.1) is 11.7 Å². The van der Waals surface area contributed by atoms with Crippen LogP contribution in [0.1, 0.15) is 55.9 Å². The predicted molar refractivity (Wildman–Crippen MR) is 127 cm³/mol. The largest absolute Gasteiger partial charge is 0.462 e. The van der Waals surface area contributed by atoms with E-state index in [1.807, 2.05) is 31.4 Å². The van der Waals surface area contributed by atoms with Crippen LogP contribution in [0.15, 0.2) is 62.7 Å². The normalized spacial score (nSPS) is 21.0. The molecule has 0 radical (unpaired) electrons. The van der Waals surface area contributed by atoms with E-state index in [4.69, 9.17) is 4.74 Å². The number of ether oxygens (including phenoxy) is 1. The van der Waals surface area contributed by atoms with Gasteiger partial charge < -0.3 is 10.1 Å². The summed E-state index contributed by atoms with van der Waals surface area (Å²) in [6, 6.07) is 8.64. The standard InChI is InChI=1S/C25H25BrFNO3S/c1-13(2)12-31-25(30)22-14(3)28-19-9-15(21-5-4-8-32-21)10-20(29)24(19)23(22)17-11-16(26)6-7-18(17)27/h4-8,11,13,15,23,28H,9-10,12H2,1-3H3. The number of benzene rings is 1. The van der Waals surface area contributed by atoms with Crippen LogP contribution in [0.25, 0.3) is 0 Å². The van der Waals surface area contributed by atoms with Gasteiger partial charge in [0.1, 0.15) is 5.82 Å². The molecular weight excluding hydrogens is 493 g/mol. The summed E-state index contributed by atoms with van der Waals surface area (Å²) >= 11 is 5.04. The van der Waals surface area contributed by atoms with Gasteiger partial charge in [-0.3, -0.25) is 4.79 Å². The molecule has 7 heteroatoms. The number of dihydropyridines is 1. The highest BCUT2D eigenvalue weighted by atomic mass is 79.9. The zero-order valence-corrected chi connectivity index (χ0v) is 20.6. The van der Waals surface area contributed by atoms with Crippen LogP contribution in [0.2, 0.25) is 0 Å². The minimum atomic E-state index is -0.805. The molecule has 1 N–H and O–H groups in total. The Hall–Kier alpha value is -2.25. The van der Waals surface area contributed by atoms with Crippen LogP contribution in [-0.2, 0) is 14.3 Å². The molecule has 1 aromatic carbocycles. The lowest BCUT2D eigenvalue weighted by atomic mass is 9.72. The molecule has 2 aromatic rings. The monoisotopic (exact) mass is 517 g/mol. The van der Waals surface area contributed by atoms with Gasteiger partial charge in [-0.25, -0.2) is 9.18 Å². The third-order valence-corrected chi connectivity index (χ3v) is 7.34. The number of hydrogen-bond donors (Lipinski definition) is 1. The third-order valence-electron chi connectivity index (χ3n) is 5.81. The summed E-state index contributed by atoms with van der Waals surface area (Å²) < 4.78 is 21.3. The second kappa shape index (κ2) is 9.32. The molecule has 2 aliphatic rings. The molecule has 0 bridgehead atoms. The van der Waals surface area contributed by atoms with Gasteiger partial charge in [0.25, 0.3) is 0 Å². The Bertz CT molecular complexity index is 1120. The first-order valence-electron chi connectivity index (χ1n) is 10.7. The maximum absolute atomic E-state index is 15.1. The summed E-state index contributed by atoms with van der Waals surface area (Å²) in [5.41, 5.74) is 2.43. The first-order valence-corrected chi connectivity index (χ1v) is 12.3. The summed E-state index contributed by atoms with van der Waals surface area (Å²) in [7, 11) is 0. The number of hydrogen-bond acceptors (Lipinski definition) is 5. The molecule has 32 heavy (non-hydrogen) atoms. The van der Waals surface area contributed by atoms with Crippen molar-refractivity contribution in [3.63, 3.8) is 0 Å². The Morgan fingerprint density at radius 1 is 1.31 bits per heavy atom. The molecule has 0 spiro atoms. The summed E-state index contributed by atoms with van der Waals surface area (Å²) in [5.74, 6) is -1.61. The van der Waals surface area contributed by atoms with Crippen LogP contribution in [0.3, 0.4) is 0 Å². The smallest absolute Gasteiger partial charge is 0.336 e. The number of thiophene rings is 1. The van der Waals surface area contributed by atoms with Crippen molar-refractivity contribution in [2.45, 2.75) is 45.4 Å². The molecule has 2 heterocycles. The average Bonchev–Trinajstić information content (AvgIpc) is 3.27. The van der Waals surface area contributed by atoms with Gasteiger partial charge in [0, 0.05) is 44.2 Å². The Morgan fingerprint density at radius 3 is 2.78 bits per heavy atom. The van der Waals surface area contributed by atoms with Crippen molar-refractivity contribution in [1.82, 2.24) is 5.32 Å². The van der Waals surface area contributed by atoms with Crippen LogP contribution in [0.5, 0.6) is 0 Å². The van der Waals surface area contributed by atoms with E-state index in [-0.39, 0.29) is 24.2 Å². The van der Waals surface area contributed by atoms with Crippen molar-refractivity contribution >= 4 is 39.0 Å². The molecule has 0 saturated carbocycles. The van der Waals surface area contributed by atoms with Gasteiger partial charge in [0.15, 0.2) is 5.78 Å². The van der Waals surface area contributed by atoms with Crippen molar-refractivity contribution in [1.29, 1.82) is 0 Å². The van der Waals surface area contributed by atoms with Crippen molar-refractivity contribution in [2.24, 2.45) is 5.92 Å². The van der Waals surface area contributed by atoms with E-state index in [2.05, 4.69) is 21.2 Å². The molecule has 1 aliphatic heterocycles. The molecule has 0 fully saturated rings. The number of rotatable bonds is 5. The van der Waals surface area contributed by atoms with Gasteiger partial charge in [-0.2, -0.15) is 0 Å². The second-order valence-electron chi connectivity index (χ2n) is 8.69. The number of esters is 1. The minimum Gasteiger partial charge on any atom is -0.462 e. The topological polar surface area (TPSA) is 55.4 Å². The highest BCUT2D eigenvalue weighted by molar-refractivity contribution is 9.10. The van der Waals surface area contributed by atoms with Crippen LogP contribution >= 0.6 is 27.3 Å². The fourth-order valence-corrected chi connectivity index (χ4v) is 5.61. The summed E-state index contributed by atoms with van der Waals surface area (Å²) in [5, 5.41) is 5.31. The van der Waals surface area contributed by atoms with Crippen LogP contribution in [0.4, 0.5) is 4.39 Å². The van der Waals surface area contributed by atoms with E-state index in [0.717, 1.165) is 10.6 Å².